The Bertz CT molecular complexity index is 382. The van der Waals surface area contributed by atoms with Gasteiger partial charge in [0.25, 0.3) is 0 Å². The van der Waals surface area contributed by atoms with Crippen LogP contribution in [0.25, 0.3) is 0 Å². The first-order valence-electron chi connectivity index (χ1n) is 4.00. The second kappa shape index (κ2) is 3.66. The minimum Gasteiger partial charge on any atom is -0.366 e. The third-order valence-corrected chi connectivity index (χ3v) is 2.20. The smallest absolute Gasteiger partial charge is 0.0561 e. The zero-order valence-electron chi connectivity index (χ0n) is 6.92. The second-order valence-electron chi connectivity index (χ2n) is 2.74. The van der Waals surface area contributed by atoms with E-state index in [0.717, 1.165) is 15.8 Å². The lowest BCUT2D eigenvalue weighted by Crippen LogP contribution is -1.86. The summed E-state index contributed by atoms with van der Waals surface area (Å²) in [4.78, 5) is 2.99. The molecule has 0 radical (unpaired) electrons. The highest BCUT2D eigenvalue weighted by Gasteiger charge is 1.94. The largest absolute Gasteiger partial charge is 0.366 e. The summed E-state index contributed by atoms with van der Waals surface area (Å²) in [7, 11) is 0. The molecule has 0 saturated carbocycles. The van der Waals surface area contributed by atoms with Gasteiger partial charge in [0.2, 0.25) is 0 Å². The molecule has 0 bridgehead atoms. The molecule has 2 N–H and O–H groups in total. The molecule has 0 aliphatic heterocycles. The van der Waals surface area contributed by atoms with Crippen molar-refractivity contribution in [1.29, 1.82) is 0 Å². The molecule has 1 heterocycles. The molecule has 0 spiro atoms. The number of anilines is 2. The van der Waals surface area contributed by atoms with Crippen LogP contribution >= 0.6 is 15.9 Å². The van der Waals surface area contributed by atoms with Crippen LogP contribution in [0.15, 0.2) is 47.2 Å². The molecule has 0 fully saturated rings. The second-order valence-corrected chi connectivity index (χ2v) is 3.65. The van der Waals surface area contributed by atoms with Gasteiger partial charge in [0, 0.05) is 22.6 Å². The van der Waals surface area contributed by atoms with Crippen molar-refractivity contribution >= 4 is 27.3 Å². The average molecular weight is 237 g/mol. The summed E-state index contributed by atoms with van der Waals surface area (Å²) in [5.74, 6) is 0. The van der Waals surface area contributed by atoms with Crippen LogP contribution in [-0.4, -0.2) is 4.98 Å². The van der Waals surface area contributed by atoms with E-state index in [2.05, 4.69) is 26.2 Å². The average Bonchev–Trinajstić information content (AvgIpc) is 2.57. The van der Waals surface area contributed by atoms with E-state index in [1.165, 1.54) is 0 Å². The van der Waals surface area contributed by atoms with Crippen molar-refractivity contribution in [3.8, 4) is 0 Å². The first-order chi connectivity index (χ1) is 6.34. The third-order valence-electron chi connectivity index (χ3n) is 1.71. The van der Waals surface area contributed by atoms with Gasteiger partial charge < -0.3 is 10.3 Å². The van der Waals surface area contributed by atoms with E-state index in [-0.39, 0.29) is 0 Å². The van der Waals surface area contributed by atoms with Gasteiger partial charge in [-0.1, -0.05) is 22.0 Å². The Morgan fingerprint density at radius 3 is 2.77 bits per heavy atom. The minimum atomic E-state index is 1.07. The maximum atomic E-state index is 3.42. The molecule has 1 aromatic carbocycles. The molecule has 13 heavy (non-hydrogen) atoms. The summed E-state index contributed by atoms with van der Waals surface area (Å²) in [6, 6.07) is 10.0. The number of hydrogen-bond donors (Lipinski definition) is 2. The number of benzene rings is 1. The Morgan fingerprint density at radius 2 is 2.08 bits per heavy atom. The standard InChI is InChI=1S/C10H9BrN2/c11-8-2-1-3-9(6-8)13-10-4-5-12-7-10/h1-7,12-13H. The predicted octanol–water partition coefficient (Wildman–Crippen LogP) is 3.52. The first-order valence-corrected chi connectivity index (χ1v) is 4.79. The number of nitrogens with one attached hydrogen (secondary N) is 2. The van der Waals surface area contributed by atoms with E-state index in [0.29, 0.717) is 0 Å². The molecule has 3 heteroatoms. The highest BCUT2D eigenvalue weighted by atomic mass is 79.9. The summed E-state index contributed by atoms with van der Waals surface area (Å²) in [6.07, 6.45) is 3.81. The SMILES string of the molecule is Brc1cccc(Nc2cc[nH]c2)c1. The van der Waals surface area contributed by atoms with E-state index in [1.807, 2.05) is 42.7 Å². The Kier molecular flexibility index (Phi) is 2.36. The molecule has 2 nitrogen and oxygen atoms in total. The highest BCUT2D eigenvalue weighted by molar-refractivity contribution is 9.10. The van der Waals surface area contributed by atoms with Gasteiger partial charge in [0.15, 0.2) is 0 Å². The van der Waals surface area contributed by atoms with E-state index in [1.54, 1.807) is 0 Å². The lowest BCUT2D eigenvalue weighted by molar-refractivity contribution is 1.41. The summed E-state index contributed by atoms with van der Waals surface area (Å²) < 4.78 is 1.08. The molecule has 2 aromatic rings. The Morgan fingerprint density at radius 1 is 1.15 bits per heavy atom. The van der Waals surface area contributed by atoms with Crippen molar-refractivity contribution in [2.45, 2.75) is 0 Å². The molecule has 0 saturated heterocycles. The zero-order chi connectivity index (χ0) is 9.10. The molecular weight excluding hydrogens is 228 g/mol. The predicted molar refractivity (Wildman–Crippen MR) is 58.2 cm³/mol. The molecule has 0 unspecified atom stereocenters. The minimum absolute atomic E-state index is 1.07. The van der Waals surface area contributed by atoms with Crippen LogP contribution in [0.1, 0.15) is 0 Å². The fourth-order valence-electron chi connectivity index (χ4n) is 1.13. The first kappa shape index (κ1) is 8.38. The summed E-state index contributed by atoms with van der Waals surface area (Å²) in [6.45, 7) is 0. The van der Waals surface area contributed by atoms with Crippen molar-refractivity contribution in [2.24, 2.45) is 0 Å². The molecular formula is C10H9BrN2. The summed E-state index contributed by atoms with van der Waals surface area (Å²) in [5.41, 5.74) is 2.15. The van der Waals surface area contributed by atoms with E-state index >= 15 is 0 Å². The van der Waals surface area contributed by atoms with Gasteiger partial charge >= 0.3 is 0 Å². The molecule has 0 amide bonds. The van der Waals surface area contributed by atoms with Crippen LogP contribution in [0, 0.1) is 0 Å². The van der Waals surface area contributed by atoms with Crippen LogP contribution in [0.4, 0.5) is 11.4 Å². The number of rotatable bonds is 2. The Hall–Kier alpha value is -1.22. The van der Waals surface area contributed by atoms with Crippen LogP contribution in [0.3, 0.4) is 0 Å². The van der Waals surface area contributed by atoms with Crippen molar-refractivity contribution < 1.29 is 0 Å². The van der Waals surface area contributed by atoms with Gasteiger partial charge in [0.05, 0.1) is 5.69 Å². The van der Waals surface area contributed by atoms with Crippen molar-refractivity contribution in [2.75, 3.05) is 5.32 Å². The van der Waals surface area contributed by atoms with E-state index in [4.69, 9.17) is 0 Å². The molecule has 0 aliphatic rings. The van der Waals surface area contributed by atoms with Crippen molar-refractivity contribution in [1.82, 2.24) is 4.98 Å². The monoisotopic (exact) mass is 236 g/mol. The fraction of sp³-hybridized carbons (Fsp3) is 0. The number of halogens is 1. The number of aromatic nitrogens is 1. The van der Waals surface area contributed by atoms with E-state index in [9.17, 15) is 0 Å². The third kappa shape index (κ3) is 2.12. The Balaban J connectivity index is 2.19. The van der Waals surface area contributed by atoms with Gasteiger partial charge in [-0.05, 0) is 24.3 Å². The van der Waals surface area contributed by atoms with Crippen molar-refractivity contribution in [3.05, 3.63) is 47.2 Å². The van der Waals surface area contributed by atoms with Crippen LogP contribution in [-0.2, 0) is 0 Å². The van der Waals surface area contributed by atoms with Gasteiger partial charge in [-0.2, -0.15) is 0 Å². The topological polar surface area (TPSA) is 27.8 Å². The zero-order valence-corrected chi connectivity index (χ0v) is 8.51. The lowest BCUT2D eigenvalue weighted by Gasteiger charge is -2.03. The van der Waals surface area contributed by atoms with Crippen LogP contribution in [0.5, 0.6) is 0 Å². The van der Waals surface area contributed by atoms with Gasteiger partial charge in [-0.3, -0.25) is 0 Å². The molecule has 0 aliphatic carbocycles. The van der Waals surface area contributed by atoms with Crippen LogP contribution < -0.4 is 5.32 Å². The molecule has 1 aromatic heterocycles. The fourth-order valence-corrected chi connectivity index (χ4v) is 1.53. The summed E-state index contributed by atoms with van der Waals surface area (Å²) in [5, 5.41) is 3.26. The number of H-pyrrole nitrogens is 1. The maximum Gasteiger partial charge on any atom is 0.0561 e. The Labute approximate surface area is 85.1 Å². The maximum absolute atomic E-state index is 3.42. The highest BCUT2D eigenvalue weighted by Crippen LogP contribution is 2.19. The quantitative estimate of drug-likeness (QED) is 0.821. The lowest BCUT2D eigenvalue weighted by atomic mass is 10.3. The number of hydrogen-bond acceptors (Lipinski definition) is 1. The molecule has 0 atom stereocenters. The normalized spacial score (nSPS) is 9.92. The molecule has 66 valence electrons. The van der Waals surface area contributed by atoms with Crippen LogP contribution in [0.2, 0.25) is 0 Å². The summed E-state index contributed by atoms with van der Waals surface area (Å²) >= 11 is 3.42. The number of aromatic amines is 1. The van der Waals surface area contributed by atoms with Crippen molar-refractivity contribution in [3.63, 3.8) is 0 Å². The van der Waals surface area contributed by atoms with Gasteiger partial charge in [0.1, 0.15) is 0 Å². The molecule has 2 rings (SSSR count). The van der Waals surface area contributed by atoms with Gasteiger partial charge in [-0.25, -0.2) is 0 Å². The van der Waals surface area contributed by atoms with E-state index < -0.39 is 0 Å². The van der Waals surface area contributed by atoms with Gasteiger partial charge in [-0.15, -0.1) is 0 Å².